The molecule has 0 heteroatoms. The van der Waals surface area contributed by atoms with E-state index in [2.05, 4.69) is 74.5 Å². The minimum atomic E-state index is 1.03. The van der Waals surface area contributed by atoms with Crippen molar-refractivity contribution in [2.45, 2.75) is 40.5 Å². The van der Waals surface area contributed by atoms with Crippen LogP contribution in [-0.2, 0) is 6.42 Å². The quantitative estimate of drug-likeness (QED) is 0.632. The Balaban J connectivity index is 0.000000509. The largest absolute Gasteiger partial charge is 0.0683 e. The van der Waals surface area contributed by atoms with Crippen molar-refractivity contribution < 1.29 is 0 Å². The van der Waals surface area contributed by atoms with Gasteiger partial charge in [0.2, 0.25) is 0 Å². The van der Waals surface area contributed by atoms with Crippen LogP contribution in [0.3, 0.4) is 0 Å². The Labute approximate surface area is 113 Å². The Hall–Kier alpha value is -1.56. The SMILES string of the molecule is CC.CCC.c1ccc(Cc2ccccc2)cc1. The van der Waals surface area contributed by atoms with E-state index in [-0.39, 0.29) is 0 Å². The van der Waals surface area contributed by atoms with Gasteiger partial charge in [0.25, 0.3) is 0 Å². The average molecular weight is 242 g/mol. The van der Waals surface area contributed by atoms with Crippen molar-refractivity contribution in [2.75, 3.05) is 0 Å². The van der Waals surface area contributed by atoms with Crippen LogP contribution < -0.4 is 0 Å². The molecule has 0 aliphatic rings. The first-order valence-electron chi connectivity index (χ1n) is 6.94. The Morgan fingerprint density at radius 2 is 0.889 bits per heavy atom. The molecule has 0 amide bonds. The maximum atomic E-state index is 2.16. The Bertz CT molecular complexity index is 324. The fourth-order valence-corrected chi connectivity index (χ4v) is 1.43. The van der Waals surface area contributed by atoms with Gasteiger partial charge in [-0.2, -0.15) is 0 Å². The van der Waals surface area contributed by atoms with Crippen molar-refractivity contribution in [2.24, 2.45) is 0 Å². The molecule has 0 N–H and O–H groups in total. The highest BCUT2D eigenvalue weighted by molar-refractivity contribution is 5.25. The predicted molar refractivity (Wildman–Crippen MR) is 83.0 cm³/mol. The molecule has 0 saturated carbocycles. The second kappa shape index (κ2) is 11.9. The second-order valence-electron chi connectivity index (χ2n) is 3.86. The van der Waals surface area contributed by atoms with Gasteiger partial charge in [-0.1, -0.05) is 94.8 Å². The van der Waals surface area contributed by atoms with Crippen molar-refractivity contribution in [3.05, 3.63) is 71.8 Å². The molecule has 0 nitrogen and oxygen atoms in total. The van der Waals surface area contributed by atoms with Crippen molar-refractivity contribution in [3.63, 3.8) is 0 Å². The van der Waals surface area contributed by atoms with Crippen molar-refractivity contribution in [1.82, 2.24) is 0 Å². The minimum Gasteiger partial charge on any atom is -0.0683 e. The first-order valence-corrected chi connectivity index (χ1v) is 6.94. The van der Waals surface area contributed by atoms with Crippen LogP contribution in [0.4, 0.5) is 0 Å². The Morgan fingerprint density at radius 1 is 0.611 bits per heavy atom. The molecule has 2 rings (SSSR count). The monoisotopic (exact) mass is 242 g/mol. The van der Waals surface area contributed by atoms with Gasteiger partial charge in [0.05, 0.1) is 0 Å². The van der Waals surface area contributed by atoms with E-state index < -0.39 is 0 Å². The molecule has 0 radical (unpaired) electrons. The van der Waals surface area contributed by atoms with Crippen LogP contribution in [0.25, 0.3) is 0 Å². The lowest BCUT2D eigenvalue weighted by atomic mass is 10.1. The topological polar surface area (TPSA) is 0 Å². The van der Waals surface area contributed by atoms with Gasteiger partial charge >= 0.3 is 0 Å². The van der Waals surface area contributed by atoms with Crippen LogP contribution in [-0.4, -0.2) is 0 Å². The van der Waals surface area contributed by atoms with E-state index in [4.69, 9.17) is 0 Å². The van der Waals surface area contributed by atoms with Gasteiger partial charge in [-0.3, -0.25) is 0 Å². The highest BCUT2D eigenvalue weighted by Gasteiger charge is 1.92. The first-order chi connectivity index (χ1) is 8.86. The van der Waals surface area contributed by atoms with Crippen LogP contribution in [0.1, 0.15) is 45.2 Å². The zero-order chi connectivity index (χ0) is 13.6. The van der Waals surface area contributed by atoms with Gasteiger partial charge in [0.1, 0.15) is 0 Å². The normalized spacial score (nSPS) is 8.44. The summed E-state index contributed by atoms with van der Waals surface area (Å²) in [6.45, 7) is 8.25. The molecule has 0 spiro atoms. The third-order valence-electron chi connectivity index (χ3n) is 2.09. The highest BCUT2D eigenvalue weighted by Crippen LogP contribution is 2.07. The molecule has 2 aromatic carbocycles. The third-order valence-corrected chi connectivity index (χ3v) is 2.09. The minimum absolute atomic E-state index is 1.03. The molecule has 18 heavy (non-hydrogen) atoms. The van der Waals surface area contributed by atoms with Gasteiger partial charge in [-0.25, -0.2) is 0 Å². The van der Waals surface area contributed by atoms with Gasteiger partial charge in [0.15, 0.2) is 0 Å². The summed E-state index contributed by atoms with van der Waals surface area (Å²) >= 11 is 0. The molecular formula is C18H26. The highest BCUT2D eigenvalue weighted by atomic mass is 14.0. The zero-order valence-electron chi connectivity index (χ0n) is 12.2. The van der Waals surface area contributed by atoms with Crippen molar-refractivity contribution >= 4 is 0 Å². The van der Waals surface area contributed by atoms with Gasteiger partial charge in [-0.05, 0) is 17.5 Å². The van der Waals surface area contributed by atoms with E-state index in [1.54, 1.807) is 0 Å². The fraction of sp³-hybridized carbons (Fsp3) is 0.333. The lowest BCUT2D eigenvalue weighted by molar-refractivity contribution is 1.09. The Morgan fingerprint density at radius 3 is 1.17 bits per heavy atom. The second-order valence-corrected chi connectivity index (χ2v) is 3.86. The fourth-order valence-electron chi connectivity index (χ4n) is 1.43. The van der Waals surface area contributed by atoms with Crippen LogP contribution in [0.5, 0.6) is 0 Å². The molecule has 98 valence electrons. The van der Waals surface area contributed by atoms with Crippen molar-refractivity contribution in [3.8, 4) is 0 Å². The lowest BCUT2D eigenvalue weighted by Crippen LogP contribution is -1.85. The number of hydrogen-bond donors (Lipinski definition) is 0. The summed E-state index contributed by atoms with van der Waals surface area (Å²) in [5.74, 6) is 0. The summed E-state index contributed by atoms with van der Waals surface area (Å²) in [7, 11) is 0. The maximum Gasteiger partial charge on any atom is -0.00258 e. The van der Waals surface area contributed by atoms with E-state index in [9.17, 15) is 0 Å². The summed E-state index contributed by atoms with van der Waals surface area (Å²) in [5.41, 5.74) is 2.74. The predicted octanol–water partition coefficient (Wildman–Crippen LogP) is 5.72. The van der Waals surface area contributed by atoms with E-state index in [1.807, 2.05) is 13.8 Å². The van der Waals surface area contributed by atoms with E-state index in [0.717, 1.165) is 6.42 Å². The molecule has 0 aromatic heterocycles. The average Bonchev–Trinajstić information content (AvgIpc) is 2.44. The molecule has 0 saturated heterocycles. The van der Waals surface area contributed by atoms with Crippen LogP contribution in [0, 0.1) is 0 Å². The van der Waals surface area contributed by atoms with Gasteiger partial charge in [-0.15, -0.1) is 0 Å². The smallest absolute Gasteiger partial charge is 0.00258 e. The Kier molecular flexibility index (Phi) is 10.9. The van der Waals surface area contributed by atoms with E-state index >= 15 is 0 Å². The lowest BCUT2D eigenvalue weighted by Gasteiger charge is -2.00. The van der Waals surface area contributed by atoms with E-state index in [0.29, 0.717) is 0 Å². The maximum absolute atomic E-state index is 2.16. The van der Waals surface area contributed by atoms with E-state index in [1.165, 1.54) is 17.5 Å². The van der Waals surface area contributed by atoms with Crippen LogP contribution in [0.15, 0.2) is 60.7 Å². The molecule has 0 fully saturated rings. The molecule has 0 aliphatic carbocycles. The molecule has 0 atom stereocenters. The summed E-state index contributed by atoms with van der Waals surface area (Å²) in [5, 5.41) is 0. The molecule has 0 aliphatic heterocycles. The van der Waals surface area contributed by atoms with Crippen LogP contribution in [0.2, 0.25) is 0 Å². The molecule has 0 bridgehead atoms. The van der Waals surface area contributed by atoms with Gasteiger partial charge < -0.3 is 0 Å². The van der Waals surface area contributed by atoms with Gasteiger partial charge in [0, 0.05) is 0 Å². The summed E-state index contributed by atoms with van der Waals surface area (Å²) < 4.78 is 0. The third kappa shape index (κ3) is 7.67. The number of hydrogen-bond acceptors (Lipinski definition) is 0. The van der Waals surface area contributed by atoms with Crippen LogP contribution >= 0.6 is 0 Å². The van der Waals surface area contributed by atoms with Crippen molar-refractivity contribution in [1.29, 1.82) is 0 Å². The molecule has 0 unspecified atom stereocenters. The summed E-state index contributed by atoms with van der Waals surface area (Å²) in [6.07, 6.45) is 2.28. The zero-order valence-corrected chi connectivity index (χ0v) is 12.2. The molecule has 0 heterocycles. The standard InChI is InChI=1S/C13H12.C3H8.C2H6/c1-3-7-12(8-4-1)11-13-9-5-2-6-10-13;1-3-2;1-2/h1-10H,11H2;3H2,1-2H3;1-2H3. The molecular weight excluding hydrogens is 216 g/mol. The summed E-state index contributed by atoms with van der Waals surface area (Å²) in [4.78, 5) is 0. The molecule has 2 aromatic rings. The number of benzene rings is 2. The number of rotatable bonds is 2. The summed E-state index contributed by atoms with van der Waals surface area (Å²) in [6, 6.07) is 21.1. The first kappa shape index (κ1) is 16.4.